The Labute approximate surface area is 257 Å². The molecule has 4 aromatic rings. The van der Waals surface area contributed by atoms with Gasteiger partial charge in [0.05, 0.1) is 19.0 Å². The van der Waals surface area contributed by atoms with Crippen LogP contribution in [0.3, 0.4) is 0 Å². The fourth-order valence-electron chi connectivity index (χ4n) is 5.88. The fourth-order valence-corrected chi connectivity index (χ4v) is 6.01. The number of amides is 2. The van der Waals surface area contributed by atoms with E-state index in [4.69, 9.17) is 16.3 Å². The van der Waals surface area contributed by atoms with Crippen LogP contribution in [0.4, 0.5) is 0 Å². The third kappa shape index (κ3) is 7.28. The molecule has 0 spiro atoms. The number of hydrogen-bond acceptors (Lipinski definition) is 4. The van der Waals surface area contributed by atoms with Gasteiger partial charge in [0.1, 0.15) is 5.75 Å². The largest absolute Gasteiger partial charge is 0.497 e. The van der Waals surface area contributed by atoms with Crippen molar-refractivity contribution in [2.75, 3.05) is 13.7 Å². The monoisotopic (exact) mass is 599 g/mol. The fraction of sp³-hybridized carbons (Fsp3) is 0.343. The summed E-state index contributed by atoms with van der Waals surface area (Å²) in [6.45, 7) is 2.97. The highest BCUT2D eigenvalue weighted by Gasteiger charge is 2.23. The van der Waals surface area contributed by atoms with E-state index in [0.29, 0.717) is 29.4 Å². The molecule has 224 valence electrons. The van der Waals surface area contributed by atoms with E-state index < -0.39 is 0 Å². The molecule has 0 bridgehead atoms. The molecule has 5 rings (SSSR count). The molecule has 1 heterocycles. The first kappa shape index (κ1) is 30.4. The zero-order valence-corrected chi connectivity index (χ0v) is 25.5. The van der Waals surface area contributed by atoms with Gasteiger partial charge in [-0.2, -0.15) is 0 Å². The van der Waals surface area contributed by atoms with Crippen LogP contribution < -0.4 is 15.4 Å². The molecule has 1 aromatic heterocycles. The number of carbonyl (C=O) groups excluding carboxylic acids is 3. The number of fused-ring (bicyclic) bond motifs is 1. The molecule has 7 nitrogen and oxygen atoms in total. The molecule has 1 saturated carbocycles. The molecule has 2 amide bonds. The van der Waals surface area contributed by atoms with Gasteiger partial charge in [-0.05, 0) is 91.8 Å². The van der Waals surface area contributed by atoms with Crippen LogP contribution in [-0.2, 0) is 29.0 Å². The lowest BCUT2D eigenvalue weighted by Gasteiger charge is -2.11. The van der Waals surface area contributed by atoms with Gasteiger partial charge in [0, 0.05) is 40.7 Å². The number of nitrogens with one attached hydrogen (secondary N) is 2. The van der Waals surface area contributed by atoms with Crippen molar-refractivity contribution < 1.29 is 19.1 Å². The first-order valence-electron chi connectivity index (χ1n) is 14.9. The topological polar surface area (TPSA) is 89.4 Å². The van der Waals surface area contributed by atoms with E-state index in [2.05, 4.69) is 34.9 Å². The number of rotatable bonds is 11. The minimum atomic E-state index is -0.182. The van der Waals surface area contributed by atoms with Crippen molar-refractivity contribution in [3.8, 4) is 5.75 Å². The number of hydrogen-bond donors (Lipinski definition) is 2. The maximum atomic E-state index is 13.5. The van der Waals surface area contributed by atoms with Gasteiger partial charge < -0.3 is 15.4 Å². The smallest absolute Gasteiger partial charge is 0.262 e. The Morgan fingerprint density at radius 2 is 1.63 bits per heavy atom. The Kier molecular flexibility index (Phi) is 9.82. The summed E-state index contributed by atoms with van der Waals surface area (Å²) in [6.07, 6.45) is 6.09. The Bertz CT molecular complexity index is 1600. The number of carbonyl (C=O) groups is 3. The molecule has 1 aliphatic carbocycles. The van der Waals surface area contributed by atoms with Crippen LogP contribution in [0, 0.1) is 12.8 Å². The average molecular weight is 600 g/mol. The van der Waals surface area contributed by atoms with Crippen LogP contribution in [-0.4, -0.2) is 35.9 Å². The molecule has 0 saturated heterocycles. The number of halogens is 1. The second-order valence-electron chi connectivity index (χ2n) is 11.2. The van der Waals surface area contributed by atoms with E-state index >= 15 is 0 Å². The van der Waals surface area contributed by atoms with Crippen molar-refractivity contribution >= 4 is 40.2 Å². The summed E-state index contributed by atoms with van der Waals surface area (Å²) in [5.41, 5.74) is 5.03. The molecular formula is C35H38ClN3O4. The van der Waals surface area contributed by atoms with E-state index in [1.165, 1.54) is 5.56 Å². The Morgan fingerprint density at radius 3 is 2.33 bits per heavy atom. The maximum absolute atomic E-state index is 13.5. The van der Waals surface area contributed by atoms with Crippen molar-refractivity contribution in [3.05, 3.63) is 99.7 Å². The van der Waals surface area contributed by atoms with Crippen molar-refractivity contribution in [2.24, 2.45) is 5.92 Å². The highest BCUT2D eigenvalue weighted by atomic mass is 35.5. The predicted octanol–water partition coefficient (Wildman–Crippen LogP) is 6.40. The molecule has 0 unspecified atom stereocenters. The van der Waals surface area contributed by atoms with Gasteiger partial charge in [0.15, 0.2) is 0 Å². The highest BCUT2D eigenvalue weighted by Crippen LogP contribution is 2.31. The molecule has 0 atom stereocenters. The normalized spacial score (nSPS) is 13.3. The molecule has 0 aliphatic heterocycles. The zero-order chi connectivity index (χ0) is 30.3. The Hall–Kier alpha value is -4.10. The quantitative estimate of drug-likeness (QED) is 0.195. The summed E-state index contributed by atoms with van der Waals surface area (Å²) in [6, 6.07) is 20.6. The van der Waals surface area contributed by atoms with Crippen LogP contribution in [0.5, 0.6) is 5.75 Å². The maximum Gasteiger partial charge on any atom is 0.262 e. The number of nitrogens with zero attached hydrogens (tertiary/aromatic N) is 1. The van der Waals surface area contributed by atoms with Crippen LogP contribution >= 0.6 is 11.6 Å². The lowest BCUT2D eigenvalue weighted by atomic mass is 10.1. The number of aromatic nitrogens is 1. The van der Waals surface area contributed by atoms with E-state index in [0.717, 1.165) is 66.2 Å². The molecule has 3 aromatic carbocycles. The van der Waals surface area contributed by atoms with Gasteiger partial charge in [0.25, 0.3) is 5.91 Å². The Morgan fingerprint density at radius 1 is 0.930 bits per heavy atom. The summed E-state index contributed by atoms with van der Waals surface area (Å²) in [5.74, 6) is 0.726. The average Bonchev–Trinajstić information content (AvgIpc) is 3.65. The lowest BCUT2D eigenvalue weighted by molar-refractivity contribution is -0.125. The number of aryl methyl sites for hydroxylation is 1. The minimum Gasteiger partial charge on any atom is -0.497 e. The molecule has 8 heteroatoms. The standard InChI is InChI=1S/C35H38ClN3O4/c1-23-30(31-20-29(43-2)17-18-32(31)39(23)35(42)27-13-15-28(36)16-14-27)21-33(40)37-19-5-6-24-9-11-25(12-10-24)22-38-34(41)26-7-3-4-8-26/h9-18,20,26H,3-8,19,21-22H2,1-2H3,(H,37,40)(H,38,41). The van der Waals surface area contributed by atoms with Crippen molar-refractivity contribution in [2.45, 2.75) is 58.4 Å². The highest BCUT2D eigenvalue weighted by molar-refractivity contribution is 6.30. The zero-order valence-electron chi connectivity index (χ0n) is 24.8. The number of methoxy groups -OCH3 is 1. The molecular weight excluding hydrogens is 562 g/mol. The van der Waals surface area contributed by atoms with Crippen molar-refractivity contribution in [1.82, 2.24) is 15.2 Å². The third-order valence-electron chi connectivity index (χ3n) is 8.35. The predicted molar refractivity (Wildman–Crippen MR) is 170 cm³/mol. The first-order valence-corrected chi connectivity index (χ1v) is 15.3. The molecule has 1 fully saturated rings. The molecule has 1 aliphatic rings. The third-order valence-corrected chi connectivity index (χ3v) is 8.61. The summed E-state index contributed by atoms with van der Waals surface area (Å²) >= 11 is 6.03. The summed E-state index contributed by atoms with van der Waals surface area (Å²) in [7, 11) is 1.60. The van der Waals surface area contributed by atoms with Crippen LogP contribution in [0.15, 0.2) is 66.7 Å². The van der Waals surface area contributed by atoms with E-state index in [9.17, 15) is 14.4 Å². The van der Waals surface area contributed by atoms with E-state index in [-0.39, 0.29) is 30.1 Å². The van der Waals surface area contributed by atoms with Crippen molar-refractivity contribution in [3.63, 3.8) is 0 Å². The van der Waals surface area contributed by atoms with Crippen LogP contribution in [0.2, 0.25) is 5.02 Å². The van der Waals surface area contributed by atoms with Gasteiger partial charge in [-0.15, -0.1) is 0 Å². The SMILES string of the molecule is COc1ccc2c(c1)c(CC(=O)NCCCc1ccc(CNC(=O)C3CCCC3)cc1)c(C)n2C(=O)c1ccc(Cl)cc1. The number of benzene rings is 3. The molecule has 43 heavy (non-hydrogen) atoms. The summed E-state index contributed by atoms with van der Waals surface area (Å²) in [5, 5.41) is 7.48. The van der Waals surface area contributed by atoms with Crippen molar-refractivity contribution in [1.29, 1.82) is 0 Å². The second kappa shape index (κ2) is 13.9. The number of ether oxygens (including phenoxy) is 1. The van der Waals surface area contributed by atoms with Gasteiger partial charge >= 0.3 is 0 Å². The van der Waals surface area contributed by atoms with Crippen LogP contribution in [0.25, 0.3) is 10.9 Å². The first-order chi connectivity index (χ1) is 20.8. The molecule has 2 N–H and O–H groups in total. The Balaban J connectivity index is 1.17. The van der Waals surface area contributed by atoms with E-state index in [1.54, 1.807) is 35.9 Å². The van der Waals surface area contributed by atoms with E-state index in [1.807, 2.05) is 25.1 Å². The summed E-state index contributed by atoms with van der Waals surface area (Å²) < 4.78 is 7.09. The second-order valence-corrected chi connectivity index (χ2v) is 11.7. The lowest BCUT2D eigenvalue weighted by Crippen LogP contribution is -2.28. The van der Waals surface area contributed by atoms with Gasteiger partial charge in [0.2, 0.25) is 11.8 Å². The minimum absolute atomic E-state index is 0.0998. The van der Waals surface area contributed by atoms with Gasteiger partial charge in [-0.3, -0.25) is 19.0 Å². The summed E-state index contributed by atoms with van der Waals surface area (Å²) in [4.78, 5) is 38.8. The van der Waals surface area contributed by atoms with Gasteiger partial charge in [-0.1, -0.05) is 48.7 Å². The van der Waals surface area contributed by atoms with Gasteiger partial charge in [-0.25, -0.2) is 0 Å². The molecule has 0 radical (unpaired) electrons. The van der Waals surface area contributed by atoms with Crippen LogP contribution in [0.1, 0.15) is 64.8 Å².